The highest BCUT2D eigenvalue weighted by molar-refractivity contribution is 5.80. The Morgan fingerprint density at radius 1 is 0.939 bits per heavy atom. The summed E-state index contributed by atoms with van der Waals surface area (Å²) in [5, 5.41) is 0. The van der Waals surface area contributed by atoms with Crippen molar-refractivity contribution in [2.75, 3.05) is 40.9 Å². The summed E-state index contributed by atoms with van der Waals surface area (Å²) in [6.07, 6.45) is 4.30. The van der Waals surface area contributed by atoms with Crippen LogP contribution in [0.2, 0.25) is 0 Å². The van der Waals surface area contributed by atoms with Crippen molar-refractivity contribution in [2.24, 2.45) is 5.92 Å². The molecule has 0 aliphatic carbocycles. The number of para-hydroxylation sites is 1. The first kappa shape index (κ1) is 22.8. The standard InChI is InChI=1S/C27H31N3O3/c1-29-15-16-30(18-22-8-6-10-25(32-2)26(22)33-3)19-23(27(29)31)17-21-7-4-5-9-24(21)20-11-13-28-14-12-20/h4-14,23H,15-19H2,1-3H3/t23-/m0/s1. The highest BCUT2D eigenvalue weighted by atomic mass is 16.5. The molecule has 1 atom stereocenters. The number of rotatable bonds is 7. The first-order valence-electron chi connectivity index (χ1n) is 11.3. The molecular formula is C27H31N3O3. The molecule has 3 aromatic rings. The smallest absolute Gasteiger partial charge is 0.227 e. The third-order valence-electron chi connectivity index (χ3n) is 6.31. The quantitative estimate of drug-likeness (QED) is 0.552. The van der Waals surface area contributed by atoms with Crippen molar-refractivity contribution in [1.29, 1.82) is 0 Å². The van der Waals surface area contributed by atoms with Crippen molar-refractivity contribution in [2.45, 2.75) is 13.0 Å². The van der Waals surface area contributed by atoms with E-state index in [1.807, 2.05) is 48.3 Å². The average Bonchev–Trinajstić information content (AvgIpc) is 2.98. The van der Waals surface area contributed by atoms with Gasteiger partial charge < -0.3 is 14.4 Å². The molecule has 2 aromatic carbocycles. The first-order valence-corrected chi connectivity index (χ1v) is 11.3. The van der Waals surface area contributed by atoms with Gasteiger partial charge in [-0.2, -0.15) is 0 Å². The van der Waals surface area contributed by atoms with E-state index in [1.165, 1.54) is 5.56 Å². The molecule has 1 aliphatic rings. The van der Waals surface area contributed by atoms with Crippen LogP contribution in [0.5, 0.6) is 11.5 Å². The lowest BCUT2D eigenvalue weighted by Crippen LogP contribution is -2.34. The summed E-state index contributed by atoms with van der Waals surface area (Å²) >= 11 is 0. The number of pyridine rings is 1. The van der Waals surface area contributed by atoms with Gasteiger partial charge in [-0.3, -0.25) is 14.7 Å². The predicted octanol–water partition coefficient (Wildman–Crippen LogP) is 3.90. The summed E-state index contributed by atoms with van der Waals surface area (Å²) in [5.41, 5.74) is 4.51. The number of benzene rings is 2. The number of methoxy groups -OCH3 is 2. The fourth-order valence-electron chi connectivity index (χ4n) is 4.59. The molecule has 1 amide bonds. The number of hydrogen-bond acceptors (Lipinski definition) is 5. The predicted molar refractivity (Wildman–Crippen MR) is 129 cm³/mol. The van der Waals surface area contributed by atoms with Crippen molar-refractivity contribution >= 4 is 5.91 Å². The SMILES string of the molecule is COc1cccc(CN2CCN(C)C(=O)[C@@H](Cc3ccccc3-c3ccncc3)C2)c1OC. The van der Waals surface area contributed by atoms with Gasteiger partial charge in [0.1, 0.15) is 0 Å². The third kappa shape index (κ3) is 5.17. The Balaban J connectivity index is 1.59. The van der Waals surface area contributed by atoms with Crippen molar-refractivity contribution < 1.29 is 14.3 Å². The van der Waals surface area contributed by atoms with E-state index in [9.17, 15) is 4.79 Å². The molecule has 0 radical (unpaired) electrons. The Hall–Kier alpha value is -3.38. The van der Waals surface area contributed by atoms with Gasteiger partial charge >= 0.3 is 0 Å². The van der Waals surface area contributed by atoms with Gasteiger partial charge in [0.2, 0.25) is 5.91 Å². The summed E-state index contributed by atoms with van der Waals surface area (Å²) in [6.45, 7) is 2.90. The molecule has 0 N–H and O–H groups in total. The fraction of sp³-hybridized carbons (Fsp3) is 0.333. The van der Waals surface area contributed by atoms with Crippen LogP contribution in [0.15, 0.2) is 67.0 Å². The maximum absolute atomic E-state index is 13.3. The van der Waals surface area contributed by atoms with Crippen LogP contribution >= 0.6 is 0 Å². The molecule has 6 heteroatoms. The number of nitrogens with zero attached hydrogens (tertiary/aromatic N) is 3. The van der Waals surface area contributed by atoms with Gasteiger partial charge in [-0.25, -0.2) is 0 Å². The fourth-order valence-corrected chi connectivity index (χ4v) is 4.59. The average molecular weight is 446 g/mol. The molecule has 6 nitrogen and oxygen atoms in total. The van der Waals surface area contributed by atoms with Crippen molar-refractivity contribution in [3.05, 3.63) is 78.1 Å². The van der Waals surface area contributed by atoms with Gasteiger partial charge in [-0.15, -0.1) is 0 Å². The molecule has 0 unspecified atom stereocenters. The molecule has 33 heavy (non-hydrogen) atoms. The van der Waals surface area contributed by atoms with E-state index in [1.54, 1.807) is 26.6 Å². The molecule has 0 bridgehead atoms. The number of carbonyl (C=O) groups is 1. The lowest BCUT2D eigenvalue weighted by Gasteiger charge is -2.25. The summed E-state index contributed by atoms with van der Waals surface area (Å²) in [6, 6.07) is 18.3. The topological polar surface area (TPSA) is 54.9 Å². The molecular weight excluding hydrogens is 414 g/mol. The Kier molecular flexibility index (Phi) is 7.25. The maximum atomic E-state index is 13.3. The Morgan fingerprint density at radius 3 is 2.45 bits per heavy atom. The zero-order valence-electron chi connectivity index (χ0n) is 19.5. The second-order valence-corrected chi connectivity index (χ2v) is 8.44. The highest BCUT2D eigenvalue weighted by Gasteiger charge is 2.30. The van der Waals surface area contributed by atoms with Crippen molar-refractivity contribution in [1.82, 2.24) is 14.8 Å². The summed E-state index contributed by atoms with van der Waals surface area (Å²) in [4.78, 5) is 21.6. The summed E-state index contributed by atoms with van der Waals surface area (Å²) in [7, 11) is 5.22. The number of carbonyl (C=O) groups excluding carboxylic acids is 1. The van der Waals surface area contributed by atoms with Crippen LogP contribution < -0.4 is 9.47 Å². The number of aromatic nitrogens is 1. The second kappa shape index (κ2) is 10.5. The summed E-state index contributed by atoms with van der Waals surface area (Å²) in [5.74, 6) is 1.54. The minimum atomic E-state index is -0.128. The minimum absolute atomic E-state index is 0.128. The molecule has 0 spiro atoms. The number of amides is 1. The van der Waals surface area contributed by atoms with Crippen LogP contribution in [0, 0.1) is 5.92 Å². The molecule has 0 saturated carbocycles. The van der Waals surface area contributed by atoms with E-state index in [0.717, 1.165) is 34.7 Å². The van der Waals surface area contributed by atoms with Gasteiger partial charge in [0.15, 0.2) is 11.5 Å². The zero-order valence-corrected chi connectivity index (χ0v) is 19.5. The Bertz CT molecular complexity index is 1090. The molecule has 4 rings (SSSR count). The van der Waals surface area contributed by atoms with Crippen LogP contribution in [-0.2, 0) is 17.8 Å². The molecule has 172 valence electrons. The van der Waals surface area contributed by atoms with E-state index < -0.39 is 0 Å². The van der Waals surface area contributed by atoms with Crippen LogP contribution in [-0.4, -0.2) is 61.6 Å². The van der Waals surface area contributed by atoms with E-state index in [-0.39, 0.29) is 11.8 Å². The van der Waals surface area contributed by atoms with Crippen molar-refractivity contribution in [3.63, 3.8) is 0 Å². The third-order valence-corrected chi connectivity index (χ3v) is 6.31. The van der Waals surface area contributed by atoms with Gasteiger partial charge in [-0.05, 0) is 41.3 Å². The highest BCUT2D eigenvalue weighted by Crippen LogP contribution is 2.32. The van der Waals surface area contributed by atoms with Crippen LogP contribution in [0.3, 0.4) is 0 Å². The van der Waals surface area contributed by atoms with Crippen LogP contribution in [0.25, 0.3) is 11.1 Å². The summed E-state index contributed by atoms with van der Waals surface area (Å²) < 4.78 is 11.1. The van der Waals surface area contributed by atoms with E-state index in [4.69, 9.17) is 9.47 Å². The molecule has 2 heterocycles. The minimum Gasteiger partial charge on any atom is -0.493 e. The molecule has 1 saturated heterocycles. The number of hydrogen-bond donors (Lipinski definition) is 0. The first-order chi connectivity index (χ1) is 16.1. The molecule has 1 fully saturated rings. The van der Waals surface area contributed by atoms with Gasteiger partial charge in [0.25, 0.3) is 0 Å². The molecule has 1 aromatic heterocycles. The van der Waals surface area contributed by atoms with Gasteiger partial charge in [0, 0.05) is 51.2 Å². The van der Waals surface area contributed by atoms with Crippen LogP contribution in [0.4, 0.5) is 0 Å². The lowest BCUT2D eigenvalue weighted by atomic mass is 9.91. The van der Waals surface area contributed by atoms with E-state index in [2.05, 4.69) is 28.1 Å². The maximum Gasteiger partial charge on any atom is 0.227 e. The zero-order chi connectivity index (χ0) is 23.2. The largest absolute Gasteiger partial charge is 0.493 e. The lowest BCUT2D eigenvalue weighted by molar-refractivity contribution is -0.133. The van der Waals surface area contributed by atoms with E-state index in [0.29, 0.717) is 26.1 Å². The second-order valence-electron chi connectivity index (χ2n) is 8.44. The monoisotopic (exact) mass is 445 g/mol. The van der Waals surface area contributed by atoms with Crippen molar-refractivity contribution in [3.8, 4) is 22.6 Å². The van der Waals surface area contributed by atoms with E-state index >= 15 is 0 Å². The Labute approximate surface area is 195 Å². The van der Waals surface area contributed by atoms with Gasteiger partial charge in [-0.1, -0.05) is 36.4 Å². The normalized spacial score (nSPS) is 17.0. The number of likely N-dealkylation sites (N-methyl/N-ethyl adjacent to an activating group) is 1. The number of ether oxygens (including phenoxy) is 2. The van der Waals surface area contributed by atoms with Crippen LogP contribution in [0.1, 0.15) is 11.1 Å². The Morgan fingerprint density at radius 2 is 1.70 bits per heavy atom. The molecule has 1 aliphatic heterocycles. The van der Waals surface area contributed by atoms with Gasteiger partial charge in [0.05, 0.1) is 20.1 Å².